The van der Waals surface area contributed by atoms with Crippen molar-refractivity contribution >= 4 is 11.6 Å². The van der Waals surface area contributed by atoms with E-state index in [0.717, 1.165) is 31.5 Å². The summed E-state index contributed by atoms with van der Waals surface area (Å²) in [6, 6.07) is 4.28. The minimum absolute atomic E-state index is 0.208. The molecule has 0 aromatic heterocycles. The molecule has 0 amide bonds. The first-order chi connectivity index (χ1) is 8.38. The Kier molecular flexibility index (Phi) is 3.87. The Morgan fingerprint density at radius 3 is 2.39 bits per heavy atom. The van der Waals surface area contributed by atoms with Crippen LogP contribution in [0.2, 0.25) is 5.02 Å². The van der Waals surface area contributed by atoms with Gasteiger partial charge in [-0.25, -0.2) is 0 Å². The van der Waals surface area contributed by atoms with Gasteiger partial charge in [0.05, 0.1) is 10.6 Å². The molecule has 1 saturated heterocycles. The van der Waals surface area contributed by atoms with E-state index in [1.54, 1.807) is 6.07 Å². The Balaban J connectivity index is 2.24. The number of benzene rings is 1. The maximum atomic E-state index is 12.8. The Morgan fingerprint density at radius 1 is 1.22 bits per heavy atom. The number of piperidine rings is 1. The summed E-state index contributed by atoms with van der Waals surface area (Å²) < 4.78 is 38.3. The summed E-state index contributed by atoms with van der Waals surface area (Å²) in [6.07, 6.45) is -2.58. The molecule has 1 heterocycles. The van der Waals surface area contributed by atoms with Gasteiger partial charge in [-0.1, -0.05) is 17.7 Å². The van der Waals surface area contributed by atoms with Crippen LogP contribution in [0.15, 0.2) is 18.2 Å². The number of alkyl halides is 3. The van der Waals surface area contributed by atoms with Crippen LogP contribution < -0.4 is 0 Å². The zero-order valence-electron chi connectivity index (χ0n) is 10.1. The average molecular weight is 278 g/mol. The summed E-state index contributed by atoms with van der Waals surface area (Å²) in [5, 5.41) is -0.223. The smallest absolute Gasteiger partial charge is 0.306 e. The van der Waals surface area contributed by atoms with Gasteiger partial charge in [0, 0.05) is 0 Å². The number of likely N-dealkylation sites (tertiary alicyclic amines) is 1. The molecule has 0 saturated carbocycles. The summed E-state index contributed by atoms with van der Waals surface area (Å²) in [5.74, 6) is 0.208. The van der Waals surface area contributed by atoms with Crippen molar-refractivity contribution in [2.75, 3.05) is 20.1 Å². The number of hydrogen-bond donors (Lipinski definition) is 0. The van der Waals surface area contributed by atoms with Crippen molar-refractivity contribution in [2.24, 2.45) is 0 Å². The highest BCUT2D eigenvalue weighted by Gasteiger charge is 2.34. The molecule has 1 aromatic carbocycles. The highest BCUT2D eigenvalue weighted by Crippen LogP contribution is 2.38. The van der Waals surface area contributed by atoms with Crippen molar-refractivity contribution in [2.45, 2.75) is 24.9 Å². The van der Waals surface area contributed by atoms with Crippen LogP contribution in [-0.2, 0) is 6.18 Å². The number of halogens is 4. The molecule has 0 spiro atoms. The predicted octanol–water partition coefficient (Wildman–Crippen LogP) is 4.17. The molecule has 0 atom stereocenters. The summed E-state index contributed by atoms with van der Waals surface area (Å²) in [5.41, 5.74) is 0.0282. The van der Waals surface area contributed by atoms with Crippen LogP contribution in [0.25, 0.3) is 0 Å². The standard InChI is InChI=1S/C13H15ClF3N/c1-18-6-4-9(5-7-18)10-2-3-12(14)11(8-10)13(15,16)17/h2-3,8-9H,4-7H2,1H3. The first-order valence-electron chi connectivity index (χ1n) is 5.93. The van der Waals surface area contributed by atoms with Crippen LogP contribution in [0.3, 0.4) is 0 Å². The zero-order chi connectivity index (χ0) is 13.3. The minimum Gasteiger partial charge on any atom is -0.306 e. The maximum Gasteiger partial charge on any atom is 0.417 e. The lowest BCUT2D eigenvalue weighted by molar-refractivity contribution is -0.137. The van der Waals surface area contributed by atoms with Gasteiger partial charge in [-0.15, -0.1) is 0 Å². The number of rotatable bonds is 1. The van der Waals surface area contributed by atoms with E-state index in [-0.39, 0.29) is 10.9 Å². The van der Waals surface area contributed by atoms with E-state index in [9.17, 15) is 13.2 Å². The van der Waals surface area contributed by atoms with E-state index in [0.29, 0.717) is 0 Å². The Labute approximate surface area is 110 Å². The summed E-state index contributed by atoms with van der Waals surface area (Å²) in [7, 11) is 2.03. The van der Waals surface area contributed by atoms with Gasteiger partial charge in [-0.2, -0.15) is 13.2 Å². The highest BCUT2D eigenvalue weighted by molar-refractivity contribution is 6.31. The second-order valence-electron chi connectivity index (χ2n) is 4.81. The molecule has 5 heteroatoms. The Hall–Kier alpha value is -0.740. The largest absolute Gasteiger partial charge is 0.417 e. The van der Waals surface area contributed by atoms with E-state index in [1.165, 1.54) is 12.1 Å². The number of nitrogens with zero attached hydrogens (tertiary/aromatic N) is 1. The third-order valence-corrected chi connectivity index (χ3v) is 3.82. The molecule has 1 aliphatic heterocycles. The normalized spacial score (nSPS) is 19.2. The average Bonchev–Trinajstić information content (AvgIpc) is 2.29. The van der Waals surface area contributed by atoms with Gasteiger partial charge in [0.2, 0.25) is 0 Å². The van der Waals surface area contributed by atoms with Gasteiger partial charge in [-0.3, -0.25) is 0 Å². The second-order valence-corrected chi connectivity index (χ2v) is 5.22. The van der Waals surface area contributed by atoms with Crippen LogP contribution >= 0.6 is 11.6 Å². The van der Waals surface area contributed by atoms with Gasteiger partial charge < -0.3 is 4.90 Å². The molecule has 1 aliphatic rings. The quantitative estimate of drug-likeness (QED) is 0.745. The van der Waals surface area contributed by atoms with Gasteiger partial charge in [-0.05, 0) is 56.6 Å². The van der Waals surface area contributed by atoms with Crippen molar-refractivity contribution in [1.82, 2.24) is 4.90 Å². The van der Waals surface area contributed by atoms with Crippen molar-refractivity contribution in [1.29, 1.82) is 0 Å². The van der Waals surface area contributed by atoms with E-state index in [2.05, 4.69) is 4.90 Å². The van der Waals surface area contributed by atoms with Crippen molar-refractivity contribution in [3.05, 3.63) is 34.3 Å². The van der Waals surface area contributed by atoms with Crippen molar-refractivity contribution in [3.63, 3.8) is 0 Å². The fourth-order valence-corrected chi connectivity index (χ4v) is 2.58. The first-order valence-corrected chi connectivity index (χ1v) is 6.31. The topological polar surface area (TPSA) is 3.24 Å². The van der Waals surface area contributed by atoms with Gasteiger partial charge in [0.25, 0.3) is 0 Å². The molecule has 0 bridgehead atoms. The minimum atomic E-state index is -4.38. The molecule has 18 heavy (non-hydrogen) atoms. The molecule has 1 aromatic rings. The second kappa shape index (κ2) is 5.10. The molecule has 0 aliphatic carbocycles. The molecule has 1 fully saturated rings. The molecule has 0 radical (unpaired) electrons. The number of hydrogen-bond acceptors (Lipinski definition) is 1. The Morgan fingerprint density at radius 2 is 1.83 bits per heavy atom. The van der Waals surface area contributed by atoms with Gasteiger partial charge >= 0.3 is 6.18 Å². The molecular formula is C13H15ClF3N. The molecule has 2 rings (SSSR count). The third-order valence-electron chi connectivity index (χ3n) is 3.49. The SMILES string of the molecule is CN1CCC(c2ccc(Cl)c(C(F)(F)F)c2)CC1. The van der Waals surface area contributed by atoms with Crippen LogP contribution in [0.5, 0.6) is 0 Å². The maximum absolute atomic E-state index is 12.8. The van der Waals surface area contributed by atoms with Crippen LogP contribution in [0.4, 0.5) is 13.2 Å². The van der Waals surface area contributed by atoms with Gasteiger partial charge in [0.1, 0.15) is 0 Å². The molecule has 100 valence electrons. The first kappa shape index (κ1) is 13.7. The predicted molar refractivity (Wildman–Crippen MR) is 65.9 cm³/mol. The van der Waals surface area contributed by atoms with Crippen LogP contribution in [0.1, 0.15) is 29.9 Å². The summed E-state index contributed by atoms with van der Waals surface area (Å²) in [4.78, 5) is 2.19. The van der Waals surface area contributed by atoms with Gasteiger partial charge in [0.15, 0.2) is 0 Å². The molecule has 1 nitrogen and oxygen atoms in total. The molecular weight excluding hydrogens is 263 g/mol. The fraction of sp³-hybridized carbons (Fsp3) is 0.538. The Bertz CT molecular complexity index is 423. The summed E-state index contributed by atoms with van der Waals surface area (Å²) in [6.45, 7) is 1.85. The zero-order valence-corrected chi connectivity index (χ0v) is 10.9. The molecule has 0 unspecified atom stereocenters. The lowest BCUT2D eigenvalue weighted by Gasteiger charge is -2.29. The van der Waals surface area contributed by atoms with Crippen molar-refractivity contribution in [3.8, 4) is 0 Å². The fourth-order valence-electron chi connectivity index (χ4n) is 2.36. The van der Waals surface area contributed by atoms with Crippen LogP contribution in [0, 0.1) is 0 Å². The highest BCUT2D eigenvalue weighted by atomic mass is 35.5. The lowest BCUT2D eigenvalue weighted by Crippen LogP contribution is -2.29. The third kappa shape index (κ3) is 2.98. The van der Waals surface area contributed by atoms with E-state index in [4.69, 9.17) is 11.6 Å². The monoisotopic (exact) mass is 277 g/mol. The summed E-state index contributed by atoms with van der Waals surface area (Å²) >= 11 is 5.61. The van der Waals surface area contributed by atoms with E-state index < -0.39 is 11.7 Å². The lowest BCUT2D eigenvalue weighted by atomic mass is 9.89. The van der Waals surface area contributed by atoms with Crippen LogP contribution in [-0.4, -0.2) is 25.0 Å². The van der Waals surface area contributed by atoms with Crippen molar-refractivity contribution < 1.29 is 13.2 Å². The van der Waals surface area contributed by atoms with E-state index >= 15 is 0 Å². The molecule has 0 N–H and O–H groups in total. The van der Waals surface area contributed by atoms with E-state index in [1.807, 2.05) is 7.05 Å².